The quantitative estimate of drug-likeness (QED) is 0.711. The largest absolute Gasteiger partial charge is 0.377 e. The van der Waals surface area contributed by atoms with E-state index in [4.69, 9.17) is 34.8 Å². The van der Waals surface area contributed by atoms with Gasteiger partial charge in [-0.2, -0.15) is 0 Å². The van der Waals surface area contributed by atoms with E-state index in [-0.39, 0.29) is 6.04 Å². The maximum absolute atomic E-state index is 6.25. The topological polar surface area (TPSA) is 12.0 Å². The van der Waals surface area contributed by atoms with Crippen molar-refractivity contribution in [3.8, 4) is 0 Å². The Kier molecular flexibility index (Phi) is 4.44. The number of benzene rings is 1. The van der Waals surface area contributed by atoms with Crippen LogP contribution in [0.15, 0.2) is 24.3 Å². The van der Waals surface area contributed by atoms with Gasteiger partial charge in [-0.1, -0.05) is 46.9 Å². The summed E-state index contributed by atoms with van der Waals surface area (Å²) in [5.41, 5.74) is 2.94. The van der Waals surface area contributed by atoms with E-state index in [1.165, 1.54) is 11.3 Å². The van der Waals surface area contributed by atoms with E-state index in [9.17, 15) is 0 Å². The Bertz CT molecular complexity index is 565. The van der Waals surface area contributed by atoms with Gasteiger partial charge in [-0.3, -0.25) is 0 Å². The lowest BCUT2D eigenvalue weighted by Crippen LogP contribution is -2.06. The van der Waals surface area contributed by atoms with Crippen molar-refractivity contribution in [1.82, 2.24) is 0 Å². The van der Waals surface area contributed by atoms with Crippen LogP contribution in [0, 0.1) is 6.92 Å². The predicted molar refractivity (Wildman–Crippen MR) is 82.6 cm³/mol. The van der Waals surface area contributed by atoms with E-state index in [0.717, 1.165) is 21.8 Å². The fourth-order valence-corrected chi connectivity index (χ4v) is 3.54. The molecule has 0 saturated heterocycles. The molecule has 0 fully saturated rings. The first-order chi connectivity index (χ1) is 8.49. The van der Waals surface area contributed by atoms with Crippen molar-refractivity contribution in [2.75, 3.05) is 5.32 Å². The summed E-state index contributed by atoms with van der Waals surface area (Å²) in [6.45, 7) is 4.01. The van der Waals surface area contributed by atoms with Gasteiger partial charge in [-0.25, -0.2) is 0 Å². The summed E-state index contributed by atoms with van der Waals surface area (Å²) in [5.74, 6) is 0. The highest BCUT2D eigenvalue weighted by Gasteiger charge is 2.14. The van der Waals surface area contributed by atoms with Crippen LogP contribution in [-0.2, 0) is 0 Å². The maximum Gasteiger partial charge on any atom is 0.0996 e. The number of rotatable bonds is 3. The monoisotopic (exact) mass is 319 g/mol. The summed E-state index contributed by atoms with van der Waals surface area (Å²) in [5, 5.41) is 4.09. The van der Waals surface area contributed by atoms with Crippen LogP contribution in [0.25, 0.3) is 0 Å². The third kappa shape index (κ3) is 2.94. The second kappa shape index (κ2) is 5.70. The summed E-state index contributed by atoms with van der Waals surface area (Å²) in [6, 6.07) is 7.84. The lowest BCUT2D eigenvalue weighted by Gasteiger charge is -2.16. The molecule has 0 spiro atoms. The lowest BCUT2D eigenvalue weighted by molar-refractivity contribution is 0.890. The highest BCUT2D eigenvalue weighted by atomic mass is 35.5. The smallest absolute Gasteiger partial charge is 0.0996 e. The summed E-state index contributed by atoms with van der Waals surface area (Å²) < 4.78 is 1.41. The SMILES string of the molecule is Cc1cccc(NC(C)c2cc(Cl)sc2Cl)c1Cl. The van der Waals surface area contributed by atoms with E-state index in [1.54, 1.807) is 0 Å². The average molecular weight is 321 g/mol. The van der Waals surface area contributed by atoms with Crippen LogP contribution in [0.4, 0.5) is 5.69 Å². The van der Waals surface area contributed by atoms with Gasteiger partial charge >= 0.3 is 0 Å². The molecular weight excluding hydrogens is 309 g/mol. The Balaban J connectivity index is 2.24. The molecule has 2 aromatic rings. The molecule has 1 aromatic heterocycles. The van der Waals surface area contributed by atoms with Crippen molar-refractivity contribution in [2.24, 2.45) is 0 Å². The molecule has 1 nitrogen and oxygen atoms in total. The minimum atomic E-state index is 0.0561. The third-order valence-electron chi connectivity index (χ3n) is 2.71. The summed E-state index contributed by atoms with van der Waals surface area (Å²) in [6.07, 6.45) is 0. The molecule has 0 aliphatic heterocycles. The van der Waals surface area contributed by atoms with Gasteiger partial charge < -0.3 is 5.32 Å². The van der Waals surface area contributed by atoms with Crippen LogP contribution in [0.5, 0.6) is 0 Å². The number of aryl methyl sites for hydroxylation is 1. The summed E-state index contributed by atoms with van der Waals surface area (Å²) >= 11 is 19.7. The first kappa shape index (κ1) is 14.0. The number of halogens is 3. The molecule has 18 heavy (non-hydrogen) atoms. The van der Waals surface area contributed by atoms with E-state index in [0.29, 0.717) is 8.67 Å². The van der Waals surface area contributed by atoms with Crippen LogP contribution in [0.2, 0.25) is 13.7 Å². The third-order valence-corrected chi connectivity index (χ3v) is 4.73. The predicted octanol–water partition coefficient (Wildman–Crippen LogP) is 6.19. The van der Waals surface area contributed by atoms with Crippen molar-refractivity contribution in [2.45, 2.75) is 19.9 Å². The Labute approximate surface area is 126 Å². The molecule has 96 valence electrons. The second-order valence-electron chi connectivity index (χ2n) is 4.08. The van der Waals surface area contributed by atoms with Crippen molar-refractivity contribution < 1.29 is 0 Å². The fourth-order valence-electron chi connectivity index (χ4n) is 1.72. The Morgan fingerprint density at radius 3 is 2.56 bits per heavy atom. The molecule has 1 atom stereocenters. The molecule has 1 heterocycles. The zero-order valence-electron chi connectivity index (χ0n) is 9.93. The van der Waals surface area contributed by atoms with E-state index in [2.05, 4.69) is 5.32 Å². The standard InChI is InChI=1S/C13H12Cl3NS/c1-7-4-3-5-10(12(7)15)17-8(2)9-6-11(14)18-13(9)16/h3-6,8,17H,1-2H3. The number of hydrogen-bond donors (Lipinski definition) is 1. The van der Waals surface area contributed by atoms with Gasteiger partial charge in [0.2, 0.25) is 0 Å². The molecule has 0 saturated carbocycles. The zero-order valence-corrected chi connectivity index (χ0v) is 13.0. The normalized spacial score (nSPS) is 12.5. The number of hydrogen-bond acceptors (Lipinski definition) is 2. The maximum atomic E-state index is 6.25. The van der Waals surface area contributed by atoms with Crippen LogP contribution in [0.3, 0.4) is 0 Å². The highest BCUT2D eigenvalue weighted by Crippen LogP contribution is 2.37. The zero-order chi connectivity index (χ0) is 13.3. The molecule has 0 bridgehead atoms. The minimum Gasteiger partial charge on any atom is -0.377 e. The molecule has 0 aliphatic carbocycles. The number of thiophene rings is 1. The molecule has 0 radical (unpaired) electrons. The van der Waals surface area contributed by atoms with Crippen molar-refractivity contribution >= 4 is 51.8 Å². The molecule has 1 N–H and O–H groups in total. The van der Waals surface area contributed by atoms with Gasteiger partial charge in [0, 0.05) is 5.56 Å². The molecule has 1 unspecified atom stereocenters. The first-order valence-electron chi connectivity index (χ1n) is 5.45. The molecule has 0 aliphatic rings. The van der Waals surface area contributed by atoms with E-state index < -0.39 is 0 Å². The molecule has 2 rings (SSSR count). The van der Waals surface area contributed by atoms with Gasteiger partial charge in [-0.05, 0) is 31.5 Å². The van der Waals surface area contributed by atoms with Crippen LogP contribution in [-0.4, -0.2) is 0 Å². The van der Waals surface area contributed by atoms with Gasteiger partial charge in [0.15, 0.2) is 0 Å². The first-order valence-corrected chi connectivity index (χ1v) is 7.40. The van der Waals surface area contributed by atoms with E-state index in [1.807, 2.05) is 38.1 Å². The highest BCUT2D eigenvalue weighted by molar-refractivity contribution is 7.20. The second-order valence-corrected chi connectivity index (χ2v) is 6.75. The van der Waals surface area contributed by atoms with Crippen molar-refractivity contribution in [3.05, 3.63) is 49.1 Å². The van der Waals surface area contributed by atoms with E-state index >= 15 is 0 Å². The van der Waals surface area contributed by atoms with Gasteiger partial charge in [0.1, 0.15) is 0 Å². The Morgan fingerprint density at radius 1 is 1.22 bits per heavy atom. The lowest BCUT2D eigenvalue weighted by atomic mass is 10.1. The molecule has 0 amide bonds. The number of anilines is 1. The molecular formula is C13H12Cl3NS. The molecule has 5 heteroatoms. The van der Waals surface area contributed by atoms with Crippen LogP contribution >= 0.6 is 46.1 Å². The van der Waals surface area contributed by atoms with Gasteiger partial charge in [-0.15, -0.1) is 11.3 Å². The van der Waals surface area contributed by atoms with Crippen molar-refractivity contribution in [1.29, 1.82) is 0 Å². The summed E-state index contributed by atoms with van der Waals surface area (Å²) in [4.78, 5) is 0. The summed E-state index contributed by atoms with van der Waals surface area (Å²) in [7, 11) is 0. The Morgan fingerprint density at radius 2 is 1.94 bits per heavy atom. The van der Waals surface area contributed by atoms with Crippen LogP contribution in [0.1, 0.15) is 24.1 Å². The average Bonchev–Trinajstić information content (AvgIpc) is 2.64. The molecule has 1 aromatic carbocycles. The van der Waals surface area contributed by atoms with Crippen LogP contribution < -0.4 is 5.32 Å². The van der Waals surface area contributed by atoms with Gasteiger partial charge in [0.05, 0.1) is 25.4 Å². The van der Waals surface area contributed by atoms with Gasteiger partial charge in [0.25, 0.3) is 0 Å². The Hall–Kier alpha value is -0.410. The minimum absolute atomic E-state index is 0.0561. The van der Waals surface area contributed by atoms with Crippen molar-refractivity contribution in [3.63, 3.8) is 0 Å². The fraction of sp³-hybridized carbons (Fsp3) is 0.231. The number of nitrogens with one attached hydrogen (secondary N) is 1.